The zero-order valence-electron chi connectivity index (χ0n) is 8.82. The Morgan fingerprint density at radius 1 is 1.44 bits per heavy atom. The summed E-state index contributed by atoms with van der Waals surface area (Å²) in [6.45, 7) is 0. The summed E-state index contributed by atoms with van der Waals surface area (Å²) >= 11 is 3.41. The van der Waals surface area contributed by atoms with Gasteiger partial charge in [-0.05, 0) is 18.9 Å². The molecule has 1 amide bonds. The van der Waals surface area contributed by atoms with E-state index in [1.165, 1.54) is 0 Å². The van der Waals surface area contributed by atoms with Gasteiger partial charge in [0.05, 0.1) is 6.21 Å². The minimum Gasteiger partial charge on any atom is -0.273 e. The van der Waals surface area contributed by atoms with E-state index in [1.54, 1.807) is 6.21 Å². The molecule has 1 aliphatic rings. The minimum atomic E-state index is 0.0366. The molecule has 4 heteroatoms. The third-order valence-electron chi connectivity index (χ3n) is 2.76. The number of nitrogens with zero attached hydrogens (tertiary/aromatic N) is 1. The van der Waals surface area contributed by atoms with Crippen LogP contribution in [0.5, 0.6) is 0 Å². The quantitative estimate of drug-likeness (QED) is 0.671. The lowest BCUT2D eigenvalue weighted by molar-refractivity contribution is -0.127. The summed E-state index contributed by atoms with van der Waals surface area (Å²) in [5.74, 6) is 0.214. The molecule has 3 nitrogen and oxygen atoms in total. The average molecular weight is 281 g/mol. The maximum Gasteiger partial charge on any atom is 0.243 e. The Bertz CT molecular complexity index is 413. The predicted molar refractivity (Wildman–Crippen MR) is 67.2 cm³/mol. The molecule has 2 rings (SSSR count). The molecule has 84 valence electrons. The van der Waals surface area contributed by atoms with Crippen LogP contribution < -0.4 is 5.43 Å². The Morgan fingerprint density at radius 2 is 2.19 bits per heavy atom. The van der Waals surface area contributed by atoms with Crippen LogP contribution in [0.1, 0.15) is 24.8 Å². The first-order valence-electron chi connectivity index (χ1n) is 5.35. The lowest BCUT2D eigenvalue weighted by atomic mass is 9.85. The van der Waals surface area contributed by atoms with Crippen molar-refractivity contribution in [2.75, 3.05) is 0 Å². The molecule has 0 aromatic heterocycles. The second-order valence-corrected chi connectivity index (χ2v) is 4.74. The Hall–Kier alpha value is -1.16. The van der Waals surface area contributed by atoms with Gasteiger partial charge in [0.15, 0.2) is 0 Å². The molecule has 1 aromatic rings. The van der Waals surface area contributed by atoms with Crippen molar-refractivity contribution in [1.29, 1.82) is 0 Å². The summed E-state index contributed by atoms with van der Waals surface area (Å²) in [6.07, 6.45) is 4.81. The van der Waals surface area contributed by atoms with E-state index < -0.39 is 0 Å². The van der Waals surface area contributed by atoms with Crippen LogP contribution in [0.2, 0.25) is 0 Å². The van der Waals surface area contributed by atoms with Gasteiger partial charge in [0, 0.05) is 16.0 Å². The van der Waals surface area contributed by atoms with Crippen molar-refractivity contribution < 1.29 is 4.79 Å². The summed E-state index contributed by atoms with van der Waals surface area (Å²) < 4.78 is 0.969. The maximum atomic E-state index is 11.5. The molecule has 1 aliphatic carbocycles. The predicted octanol–water partition coefficient (Wildman–Crippen LogP) is 2.70. The zero-order chi connectivity index (χ0) is 11.4. The van der Waals surface area contributed by atoms with Crippen molar-refractivity contribution in [2.45, 2.75) is 19.3 Å². The molecule has 16 heavy (non-hydrogen) atoms. The molecular formula is C12H13BrN2O. The minimum absolute atomic E-state index is 0.0366. The van der Waals surface area contributed by atoms with Crippen LogP contribution in [0.3, 0.4) is 0 Å². The second kappa shape index (κ2) is 5.25. The second-order valence-electron chi connectivity index (χ2n) is 3.88. The summed E-state index contributed by atoms with van der Waals surface area (Å²) in [7, 11) is 0. The average Bonchev–Trinajstić information content (AvgIpc) is 2.18. The molecule has 0 atom stereocenters. The number of hydrogen-bond donors (Lipinski definition) is 1. The third kappa shape index (κ3) is 2.70. The fourth-order valence-electron chi connectivity index (χ4n) is 1.51. The van der Waals surface area contributed by atoms with E-state index in [4.69, 9.17) is 0 Å². The van der Waals surface area contributed by atoms with Crippen molar-refractivity contribution in [1.82, 2.24) is 5.43 Å². The van der Waals surface area contributed by atoms with Gasteiger partial charge in [-0.2, -0.15) is 5.10 Å². The van der Waals surface area contributed by atoms with Crippen molar-refractivity contribution in [3.8, 4) is 0 Å². The molecule has 0 radical (unpaired) electrons. The molecule has 1 fully saturated rings. The zero-order valence-corrected chi connectivity index (χ0v) is 10.4. The Morgan fingerprint density at radius 3 is 2.81 bits per heavy atom. The monoisotopic (exact) mass is 280 g/mol. The molecule has 0 saturated heterocycles. The molecule has 0 unspecified atom stereocenters. The van der Waals surface area contributed by atoms with Gasteiger partial charge < -0.3 is 0 Å². The lowest BCUT2D eigenvalue weighted by Crippen LogP contribution is -2.31. The van der Waals surface area contributed by atoms with Gasteiger partial charge >= 0.3 is 0 Å². The van der Waals surface area contributed by atoms with Crippen LogP contribution in [0, 0.1) is 5.92 Å². The molecule has 1 saturated carbocycles. The molecule has 0 bridgehead atoms. The molecule has 1 aromatic carbocycles. The Balaban J connectivity index is 1.89. The number of carbonyl (C=O) groups excluding carboxylic acids is 1. The normalized spacial score (nSPS) is 16.1. The number of hydrazone groups is 1. The van der Waals surface area contributed by atoms with Crippen LogP contribution in [0.4, 0.5) is 0 Å². The van der Waals surface area contributed by atoms with E-state index in [-0.39, 0.29) is 11.8 Å². The number of hydrogen-bond acceptors (Lipinski definition) is 2. The van der Waals surface area contributed by atoms with Crippen molar-refractivity contribution in [3.05, 3.63) is 34.3 Å². The fourth-order valence-corrected chi connectivity index (χ4v) is 1.89. The van der Waals surface area contributed by atoms with Gasteiger partial charge in [0.25, 0.3) is 0 Å². The standard InChI is InChI=1S/C12H13BrN2O/c13-11-7-2-1-4-10(11)8-14-15-12(16)9-5-3-6-9/h1-2,4,7-9H,3,5-6H2,(H,15,16)/b14-8-. The Labute approximate surface area is 103 Å². The Kier molecular flexibility index (Phi) is 3.72. The van der Waals surface area contributed by atoms with Gasteiger partial charge in [-0.25, -0.2) is 5.43 Å². The van der Waals surface area contributed by atoms with Crippen molar-refractivity contribution in [3.63, 3.8) is 0 Å². The van der Waals surface area contributed by atoms with E-state index in [0.717, 1.165) is 29.3 Å². The molecule has 1 N–H and O–H groups in total. The first-order chi connectivity index (χ1) is 7.77. The summed E-state index contributed by atoms with van der Waals surface area (Å²) in [5, 5.41) is 3.95. The van der Waals surface area contributed by atoms with Crippen LogP contribution in [-0.2, 0) is 4.79 Å². The molecule has 0 aliphatic heterocycles. The molecule has 0 spiro atoms. The van der Waals surface area contributed by atoms with E-state index in [9.17, 15) is 4.79 Å². The van der Waals surface area contributed by atoms with Gasteiger partial charge in [-0.3, -0.25) is 4.79 Å². The van der Waals surface area contributed by atoms with Crippen LogP contribution in [0.25, 0.3) is 0 Å². The third-order valence-corrected chi connectivity index (χ3v) is 3.48. The van der Waals surface area contributed by atoms with E-state index in [0.29, 0.717) is 0 Å². The number of halogens is 1. The van der Waals surface area contributed by atoms with Gasteiger partial charge in [0.2, 0.25) is 5.91 Å². The fraction of sp³-hybridized carbons (Fsp3) is 0.333. The maximum absolute atomic E-state index is 11.5. The molecule has 0 heterocycles. The smallest absolute Gasteiger partial charge is 0.243 e. The van der Waals surface area contributed by atoms with Gasteiger partial charge in [0.1, 0.15) is 0 Å². The van der Waals surface area contributed by atoms with E-state index >= 15 is 0 Å². The number of benzene rings is 1. The number of nitrogens with one attached hydrogen (secondary N) is 1. The van der Waals surface area contributed by atoms with Crippen LogP contribution in [-0.4, -0.2) is 12.1 Å². The summed E-state index contributed by atoms with van der Waals surface area (Å²) in [6, 6.07) is 7.74. The van der Waals surface area contributed by atoms with Crippen molar-refractivity contribution >= 4 is 28.1 Å². The highest BCUT2D eigenvalue weighted by molar-refractivity contribution is 9.10. The van der Waals surface area contributed by atoms with Crippen LogP contribution in [0.15, 0.2) is 33.8 Å². The summed E-state index contributed by atoms with van der Waals surface area (Å²) in [5.41, 5.74) is 3.52. The highest BCUT2D eigenvalue weighted by Crippen LogP contribution is 2.26. The number of amides is 1. The summed E-state index contributed by atoms with van der Waals surface area (Å²) in [4.78, 5) is 11.5. The van der Waals surface area contributed by atoms with E-state index in [1.807, 2.05) is 24.3 Å². The van der Waals surface area contributed by atoms with Crippen molar-refractivity contribution in [2.24, 2.45) is 11.0 Å². The first-order valence-corrected chi connectivity index (χ1v) is 6.14. The molecular weight excluding hydrogens is 268 g/mol. The van der Waals surface area contributed by atoms with Gasteiger partial charge in [-0.1, -0.05) is 40.5 Å². The highest BCUT2D eigenvalue weighted by atomic mass is 79.9. The number of rotatable bonds is 3. The number of carbonyl (C=O) groups is 1. The lowest BCUT2D eigenvalue weighted by Gasteiger charge is -2.22. The SMILES string of the molecule is O=C(N/N=C\c1ccccc1Br)C1CCC1. The highest BCUT2D eigenvalue weighted by Gasteiger charge is 2.24. The topological polar surface area (TPSA) is 41.5 Å². The first kappa shape index (κ1) is 11.3. The van der Waals surface area contributed by atoms with E-state index in [2.05, 4.69) is 26.5 Å². The van der Waals surface area contributed by atoms with Gasteiger partial charge in [-0.15, -0.1) is 0 Å². The largest absolute Gasteiger partial charge is 0.273 e. The van der Waals surface area contributed by atoms with Crippen LogP contribution >= 0.6 is 15.9 Å².